The quantitative estimate of drug-likeness (QED) is 0.595. The smallest absolute Gasteiger partial charge is 0.225 e. The molecule has 0 heterocycles. The second kappa shape index (κ2) is 6.41. The van der Waals surface area contributed by atoms with Crippen LogP contribution in [0.15, 0.2) is 0 Å². The zero-order valence-corrected chi connectivity index (χ0v) is 9.24. The van der Waals surface area contributed by atoms with Gasteiger partial charge < -0.3 is 9.64 Å². The minimum Gasteiger partial charge on any atom is -0.381 e. The number of ether oxygens (including phenoxy) is 1. The maximum Gasteiger partial charge on any atom is 0.225 e. The van der Waals surface area contributed by atoms with E-state index in [0.29, 0.717) is 38.6 Å². The Hall–Kier alpha value is -1.08. The van der Waals surface area contributed by atoms with Crippen molar-refractivity contribution >= 4 is 5.91 Å². The van der Waals surface area contributed by atoms with E-state index in [1.807, 2.05) is 11.8 Å². The van der Waals surface area contributed by atoms with E-state index in [0.717, 1.165) is 12.8 Å². The van der Waals surface area contributed by atoms with Crippen molar-refractivity contribution in [3.8, 4) is 6.07 Å². The fourth-order valence-corrected chi connectivity index (χ4v) is 1.51. The summed E-state index contributed by atoms with van der Waals surface area (Å²) in [6, 6.07) is 2.47. The van der Waals surface area contributed by atoms with Crippen molar-refractivity contribution in [2.24, 2.45) is 0 Å². The molecule has 0 aliphatic heterocycles. The molecule has 4 heteroatoms. The predicted octanol–water partition coefficient (Wildman–Crippen LogP) is 1.32. The van der Waals surface area contributed by atoms with Crippen LogP contribution in [0.4, 0.5) is 0 Å². The third kappa shape index (κ3) is 4.30. The zero-order valence-electron chi connectivity index (χ0n) is 9.24. The van der Waals surface area contributed by atoms with Crippen molar-refractivity contribution < 1.29 is 9.53 Å². The molecule has 15 heavy (non-hydrogen) atoms. The maximum atomic E-state index is 11.7. The fraction of sp³-hybridized carbons (Fsp3) is 0.818. The summed E-state index contributed by atoms with van der Waals surface area (Å²) in [4.78, 5) is 13.6. The summed E-state index contributed by atoms with van der Waals surface area (Å²) in [6.07, 6.45) is 3.05. The first-order valence-corrected chi connectivity index (χ1v) is 5.53. The van der Waals surface area contributed by atoms with Gasteiger partial charge in [0.1, 0.15) is 0 Å². The van der Waals surface area contributed by atoms with E-state index < -0.39 is 0 Å². The molecule has 84 valence electrons. The Morgan fingerprint density at radius 2 is 2.33 bits per heavy atom. The fourth-order valence-electron chi connectivity index (χ4n) is 1.51. The molecule has 0 N–H and O–H groups in total. The minimum atomic E-state index is 0.126. The normalized spacial score (nSPS) is 14.7. The number of carbonyl (C=O) groups excluding carboxylic acids is 1. The summed E-state index contributed by atoms with van der Waals surface area (Å²) in [7, 11) is 0. The van der Waals surface area contributed by atoms with Crippen LogP contribution in [-0.4, -0.2) is 36.6 Å². The van der Waals surface area contributed by atoms with Gasteiger partial charge in [0, 0.05) is 19.2 Å². The molecule has 0 aromatic rings. The topological polar surface area (TPSA) is 53.3 Å². The number of hydrogen-bond acceptors (Lipinski definition) is 3. The molecule has 1 saturated carbocycles. The molecule has 0 atom stereocenters. The zero-order chi connectivity index (χ0) is 11.1. The number of rotatable bonds is 7. The van der Waals surface area contributed by atoms with Crippen LogP contribution in [-0.2, 0) is 9.53 Å². The highest BCUT2D eigenvalue weighted by Crippen LogP contribution is 2.27. The van der Waals surface area contributed by atoms with Gasteiger partial charge >= 0.3 is 0 Å². The lowest BCUT2D eigenvalue weighted by Gasteiger charge is -2.21. The van der Waals surface area contributed by atoms with Crippen molar-refractivity contribution in [1.29, 1.82) is 5.26 Å². The molecule has 0 unspecified atom stereocenters. The van der Waals surface area contributed by atoms with E-state index >= 15 is 0 Å². The summed E-state index contributed by atoms with van der Waals surface area (Å²) in [5.74, 6) is 0.126. The molecule has 0 radical (unpaired) electrons. The number of carbonyl (C=O) groups is 1. The summed E-state index contributed by atoms with van der Waals surface area (Å²) >= 11 is 0. The van der Waals surface area contributed by atoms with Gasteiger partial charge in [0.05, 0.1) is 25.5 Å². The SMILES string of the molecule is CCOCCC(=O)N(CCC#N)C1CC1. The molecule has 4 nitrogen and oxygen atoms in total. The molecular formula is C11H18N2O2. The Labute approximate surface area is 90.8 Å². The summed E-state index contributed by atoms with van der Waals surface area (Å²) in [5, 5.41) is 8.50. The predicted molar refractivity (Wildman–Crippen MR) is 56.1 cm³/mol. The number of amides is 1. The van der Waals surface area contributed by atoms with Crippen molar-refractivity contribution in [3.05, 3.63) is 0 Å². The van der Waals surface area contributed by atoms with Crippen LogP contribution in [0.3, 0.4) is 0 Å². The van der Waals surface area contributed by atoms with E-state index in [1.165, 1.54) is 0 Å². The van der Waals surface area contributed by atoms with Gasteiger partial charge in [-0.1, -0.05) is 0 Å². The lowest BCUT2D eigenvalue weighted by Crippen LogP contribution is -2.34. The summed E-state index contributed by atoms with van der Waals surface area (Å²) in [5.41, 5.74) is 0. The molecule has 0 saturated heterocycles. The van der Waals surface area contributed by atoms with E-state index in [2.05, 4.69) is 6.07 Å². The summed E-state index contributed by atoms with van der Waals surface area (Å²) < 4.78 is 5.15. The monoisotopic (exact) mass is 210 g/mol. The largest absolute Gasteiger partial charge is 0.381 e. The number of hydrogen-bond donors (Lipinski definition) is 0. The highest BCUT2D eigenvalue weighted by atomic mass is 16.5. The molecule has 1 rings (SSSR count). The average molecular weight is 210 g/mol. The van der Waals surface area contributed by atoms with Crippen molar-refractivity contribution in [2.75, 3.05) is 19.8 Å². The molecule has 1 fully saturated rings. The van der Waals surface area contributed by atoms with Crippen molar-refractivity contribution in [3.63, 3.8) is 0 Å². The van der Waals surface area contributed by atoms with Gasteiger partial charge in [-0.05, 0) is 19.8 Å². The first-order chi connectivity index (χ1) is 7.29. The van der Waals surface area contributed by atoms with Crippen LogP contribution in [0.25, 0.3) is 0 Å². The standard InChI is InChI=1S/C11H18N2O2/c1-2-15-9-6-11(14)13(8-3-7-12)10-4-5-10/h10H,2-6,8-9H2,1H3. The van der Waals surface area contributed by atoms with Crippen LogP contribution in [0.5, 0.6) is 0 Å². The lowest BCUT2D eigenvalue weighted by atomic mass is 10.3. The van der Waals surface area contributed by atoms with Crippen LogP contribution in [0.1, 0.15) is 32.6 Å². The maximum absolute atomic E-state index is 11.7. The second-order valence-electron chi connectivity index (χ2n) is 3.67. The number of nitriles is 1. The minimum absolute atomic E-state index is 0.126. The molecular weight excluding hydrogens is 192 g/mol. The first-order valence-electron chi connectivity index (χ1n) is 5.53. The summed E-state index contributed by atoms with van der Waals surface area (Å²) in [6.45, 7) is 3.63. The average Bonchev–Trinajstić information content (AvgIpc) is 3.03. The van der Waals surface area contributed by atoms with Gasteiger partial charge in [0.15, 0.2) is 0 Å². The Balaban J connectivity index is 2.28. The molecule has 0 aromatic heterocycles. The van der Waals surface area contributed by atoms with Crippen LogP contribution >= 0.6 is 0 Å². The van der Waals surface area contributed by atoms with E-state index in [1.54, 1.807) is 0 Å². The molecule has 0 spiro atoms. The van der Waals surface area contributed by atoms with E-state index in [-0.39, 0.29) is 5.91 Å². The van der Waals surface area contributed by atoms with Crippen LogP contribution in [0.2, 0.25) is 0 Å². The van der Waals surface area contributed by atoms with Crippen molar-refractivity contribution in [1.82, 2.24) is 4.90 Å². The van der Waals surface area contributed by atoms with Crippen LogP contribution in [0, 0.1) is 11.3 Å². The van der Waals surface area contributed by atoms with Crippen molar-refractivity contribution in [2.45, 2.75) is 38.6 Å². The Morgan fingerprint density at radius 1 is 1.60 bits per heavy atom. The Bertz CT molecular complexity index is 243. The highest BCUT2D eigenvalue weighted by Gasteiger charge is 2.31. The van der Waals surface area contributed by atoms with E-state index in [9.17, 15) is 4.79 Å². The lowest BCUT2D eigenvalue weighted by molar-refractivity contribution is -0.132. The van der Waals surface area contributed by atoms with Gasteiger partial charge in [-0.15, -0.1) is 0 Å². The first kappa shape index (κ1) is 12.0. The molecule has 0 aromatic carbocycles. The molecule has 1 aliphatic carbocycles. The van der Waals surface area contributed by atoms with E-state index in [4.69, 9.17) is 10.00 Å². The molecule has 1 amide bonds. The molecule has 1 aliphatic rings. The van der Waals surface area contributed by atoms with Gasteiger partial charge in [-0.25, -0.2) is 0 Å². The van der Waals surface area contributed by atoms with Gasteiger partial charge in [0.2, 0.25) is 5.91 Å². The van der Waals surface area contributed by atoms with Crippen LogP contribution < -0.4 is 0 Å². The third-order valence-electron chi connectivity index (χ3n) is 2.44. The Kier molecular flexibility index (Phi) is 5.13. The Morgan fingerprint density at radius 3 is 2.87 bits per heavy atom. The molecule has 0 bridgehead atoms. The van der Waals surface area contributed by atoms with Gasteiger partial charge in [0.25, 0.3) is 0 Å². The highest BCUT2D eigenvalue weighted by molar-refractivity contribution is 5.77. The second-order valence-corrected chi connectivity index (χ2v) is 3.67. The third-order valence-corrected chi connectivity index (χ3v) is 2.44. The van der Waals surface area contributed by atoms with Gasteiger partial charge in [-0.3, -0.25) is 4.79 Å². The number of nitrogens with zero attached hydrogens (tertiary/aromatic N) is 2. The van der Waals surface area contributed by atoms with Gasteiger partial charge in [-0.2, -0.15) is 5.26 Å².